The number of carbonyl (C=O) groups is 2. The summed E-state index contributed by atoms with van der Waals surface area (Å²) >= 11 is 1.67. The summed E-state index contributed by atoms with van der Waals surface area (Å²) in [5.74, 6) is -0.743. The van der Waals surface area contributed by atoms with Gasteiger partial charge < -0.3 is 14.6 Å². The number of hydrogen-bond acceptors (Lipinski definition) is 4. The van der Waals surface area contributed by atoms with Crippen molar-refractivity contribution in [1.29, 1.82) is 0 Å². The molecule has 3 aromatic rings. The van der Waals surface area contributed by atoms with Gasteiger partial charge in [0.2, 0.25) is 5.91 Å². The van der Waals surface area contributed by atoms with Crippen molar-refractivity contribution in [3.63, 3.8) is 0 Å². The van der Waals surface area contributed by atoms with E-state index in [9.17, 15) is 22.8 Å². The number of rotatable bonds is 4. The number of fused-ring (bicyclic) bond motifs is 1. The third kappa shape index (κ3) is 4.25. The van der Waals surface area contributed by atoms with E-state index in [-0.39, 0.29) is 29.5 Å². The normalized spacial score (nSPS) is 13.8. The van der Waals surface area contributed by atoms with Crippen LogP contribution in [0.25, 0.3) is 11.3 Å². The molecule has 0 fully saturated rings. The van der Waals surface area contributed by atoms with Crippen molar-refractivity contribution < 1.29 is 27.2 Å². The van der Waals surface area contributed by atoms with Gasteiger partial charge in [0, 0.05) is 23.5 Å². The van der Waals surface area contributed by atoms with E-state index in [0.717, 1.165) is 24.1 Å². The Morgan fingerprint density at radius 3 is 2.80 bits per heavy atom. The topological polar surface area (TPSA) is 62.6 Å². The van der Waals surface area contributed by atoms with Crippen LogP contribution in [0.15, 0.2) is 52.3 Å². The van der Waals surface area contributed by atoms with E-state index >= 15 is 0 Å². The van der Waals surface area contributed by atoms with E-state index in [1.807, 2.05) is 11.4 Å². The first-order chi connectivity index (χ1) is 14.3. The lowest BCUT2D eigenvalue weighted by Crippen LogP contribution is -2.42. The Hall–Kier alpha value is -3.07. The molecule has 0 unspecified atom stereocenters. The number of benzene rings is 1. The van der Waals surface area contributed by atoms with Gasteiger partial charge in [0.05, 0.1) is 12.1 Å². The molecule has 156 valence electrons. The molecule has 3 heterocycles. The second kappa shape index (κ2) is 7.98. The van der Waals surface area contributed by atoms with Gasteiger partial charge in [-0.15, -0.1) is 11.3 Å². The number of hydrogen-bond donors (Lipinski definition) is 1. The fourth-order valence-corrected chi connectivity index (χ4v) is 4.17. The van der Waals surface area contributed by atoms with E-state index in [4.69, 9.17) is 4.42 Å². The summed E-state index contributed by atoms with van der Waals surface area (Å²) in [6.07, 6.45) is -3.67. The second-order valence-corrected chi connectivity index (χ2v) is 7.86. The average Bonchev–Trinajstić information content (AvgIpc) is 3.40. The Bertz CT molecular complexity index is 1090. The van der Waals surface area contributed by atoms with Gasteiger partial charge in [-0.1, -0.05) is 12.1 Å². The molecule has 30 heavy (non-hydrogen) atoms. The number of carbonyl (C=O) groups excluding carboxylic acids is 2. The second-order valence-electron chi connectivity index (χ2n) is 6.86. The Morgan fingerprint density at radius 2 is 2.00 bits per heavy atom. The SMILES string of the molecule is O=C(NCC(=O)N1CCc2sccc2C1)c1ccc(-c2cccc(C(F)(F)F)c2)o1. The third-order valence-electron chi connectivity index (χ3n) is 4.86. The fourth-order valence-electron chi connectivity index (χ4n) is 3.28. The maximum Gasteiger partial charge on any atom is 0.416 e. The number of halogens is 3. The minimum atomic E-state index is -4.47. The van der Waals surface area contributed by atoms with Crippen molar-refractivity contribution >= 4 is 23.2 Å². The minimum absolute atomic E-state index is 0.0750. The van der Waals surface area contributed by atoms with Crippen LogP contribution in [0.4, 0.5) is 13.2 Å². The highest BCUT2D eigenvalue weighted by molar-refractivity contribution is 7.10. The molecule has 1 aliphatic rings. The van der Waals surface area contributed by atoms with Gasteiger partial charge >= 0.3 is 6.18 Å². The van der Waals surface area contributed by atoms with Gasteiger partial charge in [0.15, 0.2) is 5.76 Å². The minimum Gasteiger partial charge on any atom is -0.451 e. The number of nitrogens with one attached hydrogen (secondary N) is 1. The first-order valence-electron chi connectivity index (χ1n) is 9.20. The van der Waals surface area contributed by atoms with Crippen LogP contribution in [-0.4, -0.2) is 29.8 Å². The predicted octanol–water partition coefficient (Wildman–Crippen LogP) is 4.34. The highest BCUT2D eigenvalue weighted by Crippen LogP contribution is 2.32. The van der Waals surface area contributed by atoms with Crippen LogP contribution in [0, 0.1) is 0 Å². The van der Waals surface area contributed by atoms with Gasteiger partial charge in [-0.05, 0) is 47.7 Å². The summed E-state index contributed by atoms with van der Waals surface area (Å²) in [6.45, 7) is 0.939. The number of furan rings is 1. The highest BCUT2D eigenvalue weighted by Gasteiger charge is 2.30. The number of alkyl halides is 3. The Kier molecular flexibility index (Phi) is 5.38. The average molecular weight is 434 g/mol. The summed E-state index contributed by atoms with van der Waals surface area (Å²) in [5, 5.41) is 4.51. The summed E-state index contributed by atoms with van der Waals surface area (Å²) in [7, 11) is 0. The van der Waals surface area contributed by atoms with Gasteiger partial charge in [-0.2, -0.15) is 13.2 Å². The van der Waals surface area contributed by atoms with Crippen LogP contribution in [0.5, 0.6) is 0 Å². The molecule has 0 aliphatic carbocycles. The van der Waals surface area contributed by atoms with Crippen LogP contribution in [0.3, 0.4) is 0 Å². The molecule has 4 rings (SSSR count). The van der Waals surface area contributed by atoms with Crippen molar-refractivity contribution in [1.82, 2.24) is 10.2 Å². The first-order valence-corrected chi connectivity index (χ1v) is 10.1. The molecule has 1 N–H and O–H groups in total. The molecular weight excluding hydrogens is 417 g/mol. The van der Waals surface area contributed by atoms with Gasteiger partial charge in [-0.25, -0.2) is 0 Å². The molecule has 0 atom stereocenters. The Balaban J connectivity index is 1.37. The van der Waals surface area contributed by atoms with E-state index < -0.39 is 17.6 Å². The summed E-state index contributed by atoms with van der Waals surface area (Å²) in [5.41, 5.74) is 0.533. The van der Waals surface area contributed by atoms with Crippen LogP contribution < -0.4 is 5.32 Å². The smallest absolute Gasteiger partial charge is 0.416 e. The Labute approximate surface area is 174 Å². The zero-order chi connectivity index (χ0) is 21.3. The molecular formula is C21H17F3N2O3S. The summed E-state index contributed by atoms with van der Waals surface area (Å²) in [4.78, 5) is 27.7. The lowest BCUT2D eigenvalue weighted by molar-refractivity contribution is -0.137. The molecule has 1 aromatic carbocycles. The molecule has 9 heteroatoms. The predicted molar refractivity (Wildman–Crippen MR) is 105 cm³/mol. The van der Waals surface area contributed by atoms with Crippen LogP contribution in [0.1, 0.15) is 26.6 Å². The van der Waals surface area contributed by atoms with Crippen LogP contribution >= 0.6 is 11.3 Å². The van der Waals surface area contributed by atoms with Crippen molar-refractivity contribution in [2.45, 2.75) is 19.1 Å². The molecule has 2 aromatic heterocycles. The van der Waals surface area contributed by atoms with Crippen molar-refractivity contribution in [2.75, 3.05) is 13.1 Å². The van der Waals surface area contributed by atoms with Crippen LogP contribution in [0.2, 0.25) is 0 Å². The van der Waals surface area contributed by atoms with E-state index in [1.165, 1.54) is 29.1 Å². The molecule has 0 saturated heterocycles. The largest absolute Gasteiger partial charge is 0.451 e. The fraction of sp³-hybridized carbons (Fsp3) is 0.238. The molecule has 0 spiro atoms. The van der Waals surface area contributed by atoms with Crippen molar-refractivity contribution in [3.8, 4) is 11.3 Å². The highest BCUT2D eigenvalue weighted by atomic mass is 32.1. The van der Waals surface area contributed by atoms with Gasteiger partial charge in [0.25, 0.3) is 5.91 Å². The number of nitrogens with zero attached hydrogens (tertiary/aromatic N) is 1. The van der Waals surface area contributed by atoms with Crippen LogP contribution in [-0.2, 0) is 23.9 Å². The zero-order valence-corrected chi connectivity index (χ0v) is 16.5. The first kappa shape index (κ1) is 20.2. The molecule has 0 radical (unpaired) electrons. The number of amides is 2. The third-order valence-corrected chi connectivity index (χ3v) is 5.89. The lowest BCUT2D eigenvalue weighted by Gasteiger charge is -2.27. The number of thiophene rings is 1. The maximum atomic E-state index is 12.9. The van der Waals surface area contributed by atoms with E-state index in [2.05, 4.69) is 5.32 Å². The molecule has 5 nitrogen and oxygen atoms in total. The van der Waals surface area contributed by atoms with Gasteiger partial charge in [-0.3, -0.25) is 9.59 Å². The monoisotopic (exact) mass is 434 g/mol. The molecule has 0 bridgehead atoms. The maximum absolute atomic E-state index is 12.9. The quantitative estimate of drug-likeness (QED) is 0.665. The molecule has 0 saturated carbocycles. The summed E-state index contributed by atoms with van der Waals surface area (Å²) < 4.78 is 44.1. The van der Waals surface area contributed by atoms with Crippen molar-refractivity contribution in [2.24, 2.45) is 0 Å². The van der Waals surface area contributed by atoms with E-state index in [0.29, 0.717) is 13.1 Å². The standard InChI is InChI=1S/C21H17F3N2O3S/c22-21(23,24)15-3-1-2-13(10-15)16-4-5-17(29-16)20(28)25-11-19(27)26-8-6-18-14(12-26)7-9-30-18/h1-5,7,9-10H,6,8,11-12H2,(H,25,28). The summed E-state index contributed by atoms with van der Waals surface area (Å²) in [6, 6.07) is 9.45. The zero-order valence-electron chi connectivity index (χ0n) is 15.7. The molecule has 1 aliphatic heterocycles. The van der Waals surface area contributed by atoms with Gasteiger partial charge in [0.1, 0.15) is 5.76 Å². The van der Waals surface area contributed by atoms with Crippen molar-refractivity contribution in [3.05, 3.63) is 69.6 Å². The van der Waals surface area contributed by atoms with E-state index in [1.54, 1.807) is 16.2 Å². The molecule has 2 amide bonds. The lowest BCUT2D eigenvalue weighted by atomic mass is 10.1. The Morgan fingerprint density at radius 1 is 1.17 bits per heavy atom.